The first kappa shape index (κ1) is 19.2. The van der Waals surface area contributed by atoms with Gasteiger partial charge in [0.1, 0.15) is 5.75 Å². The van der Waals surface area contributed by atoms with Crippen molar-refractivity contribution in [1.29, 1.82) is 0 Å². The zero-order valence-electron chi connectivity index (χ0n) is 15.4. The van der Waals surface area contributed by atoms with Crippen LogP contribution in [0.5, 0.6) is 5.75 Å². The maximum atomic E-state index is 12.8. The standard InChI is InChI=1S/C19H21N3O4S/c1-4-5-13-9-16(23)21-19(20-13)27-11(2)18(25)12-6-7-15-14(8-12)22(3)17(24)10-26-15/h6-9,11H,4-5,10H2,1-3H3,(H,20,21,23). The lowest BCUT2D eigenvalue weighted by Crippen LogP contribution is -2.35. The van der Waals surface area contributed by atoms with Gasteiger partial charge in [0.25, 0.3) is 11.5 Å². The highest BCUT2D eigenvalue weighted by molar-refractivity contribution is 8.00. The first-order valence-corrected chi connectivity index (χ1v) is 9.61. The average Bonchev–Trinajstić information content (AvgIpc) is 2.63. The minimum atomic E-state index is -0.450. The van der Waals surface area contributed by atoms with Gasteiger partial charge in [-0.05, 0) is 31.5 Å². The van der Waals surface area contributed by atoms with Crippen LogP contribution in [0.4, 0.5) is 5.69 Å². The number of carbonyl (C=O) groups excluding carboxylic acids is 2. The number of nitrogens with one attached hydrogen (secondary N) is 1. The zero-order valence-corrected chi connectivity index (χ0v) is 16.3. The van der Waals surface area contributed by atoms with E-state index in [9.17, 15) is 14.4 Å². The molecule has 3 rings (SSSR count). The summed E-state index contributed by atoms with van der Waals surface area (Å²) < 4.78 is 5.39. The molecule has 0 aliphatic carbocycles. The Kier molecular flexibility index (Phi) is 5.65. The number of hydrogen-bond acceptors (Lipinski definition) is 6. The van der Waals surface area contributed by atoms with E-state index in [1.807, 2.05) is 6.92 Å². The summed E-state index contributed by atoms with van der Waals surface area (Å²) in [6.45, 7) is 3.78. The molecular weight excluding hydrogens is 366 g/mol. The van der Waals surface area contributed by atoms with Crippen molar-refractivity contribution in [3.8, 4) is 5.75 Å². The van der Waals surface area contributed by atoms with Crippen LogP contribution in [0.1, 0.15) is 36.3 Å². The van der Waals surface area contributed by atoms with Crippen LogP contribution in [0.25, 0.3) is 0 Å². The molecule has 1 aliphatic heterocycles. The molecule has 2 heterocycles. The third-order valence-electron chi connectivity index (χ3n) is 4.27. The van der Waals surface area contributed by atoms with Crippen molar-refractivity contribution in [2.75, 3.05) is 18.6 Å². The van der Waals surface area contributed by atoms with Gasteiger partial charge in [0.15, 0.2) is 17.5 Å². The van der Waals surface area contributed by atoms with E-state index in [4.69, 9.17) is 4.74 Å². The summed E-state index contributed by atoms with van der Waals surface area (Å²) in [5.74, 6) is 0.300. The van der Waals surface area contributed by atoms with E-state index < -0.39 is 5.25 Å². The zero-order chi connectivity index (χ0) is 19.6. The molecule has 1 unspecified atom stereocenters. The van der Waals surface area contributed by atoms with Crippen LogP contribution in [0, 0.1) is 0 Å². The molecule has 0 bridgehead atoms. The largest absolute Gasteiger partial charge is 0.482 e. The van der Waals surface area contributed by atoms with E-state index in [0.29, 0.717) is 28.6 Å². The molecule has 8 heteroatoms. The molecule has 0 spiro atoms. The molecule has 1 amide bonds. The van der Waals surface area contributed by atoms with Gasteiger partial charge in [-0.25, -0.2) is 4.98 Å². The van der Waals surface area contributed by atoms with Gasteiger partial charge in [-0.1, -0.05) is 25.1 Å². The SMILES string of the molecule is CCCc1cc(=O)[nH]c(SC(C)C(=O)c2ccc3c(c2)N(C)C(=O)CO3)n1. The van der Waals surface area contributed by atoms with Gasteiger partial charge in [-0.15, -0.1) is 0 Å². The Balaban J connectivity index is 1.80. The van der Waals surface area contributed by atoms with Crippen molar-refractivity contribution in [2.45, 2.75) is 37.1 Å². The molecule has 27 heavy (non-hydrogen) atoms. The summed E-state index contributed by atoms with van der Waals surface area (Å²) >= 11 is 1.21. The summed E-state index contributed by atoms with van der Waals surface area (Å²) in [6, 6.07) is 6.53. The van der Waals surface area contributed by atoms with Crippen molar-refractivity contribution in [3.63, 3.8) is 0 Å². The first-order valence-electron chi connectivity index (χ1n) is 8.73. The lowest BCUT2D eigenvalue weighted by molar-refractivity contribution is -0.120. The third kappa shape index (κ3) is 4.21. The van der Waals surface area contributed by atoms with E-state index >= 15 is 0 Å². The molecule has 0 fully saturated rings. The van der Waals surface area contributed by atoms with Crippen LogP contribution in [0.3, 0.4) is 0 Å². The maximum absolute atomic E-state index is 12.8. The van der Waals surface area contributed by atoms with Gasteiger partial charge in [0.05, 0.1) is 10.9 Å². The van der Waals surface area contributed by atoms with Gasteiger partial charge in [0, 0.05) is 24.4 Å². The Morgan fingerprint density at radius 2 is 2.15 bits per heavy atom. The van der Waals surface area contributed by atoms with Crippen molar-refractivity contribution < 1.29 is 14.3 Å². The number of aromatic amines is 1. The number of aromatic nitrogens is 2. The molecule has 1 N–H and O–H groups in total. The molecule has 0 radical (unpaired) electrons. The smallest absolute Gasteiger partial charge is 0.264 e. The number of ether oxygens (including phenoxy) is 1. The lowest BCUT2D eigenvalue weighted by Gasteiger charge is -2.26. The number of fused-ring (bicyclic) bond motifs is 1. The van der Waals surface area contributed by atoms with E-state index in [-0.39, 0.29) is 23.9 Å². The van der Waals surface area contributed by atoms with Gasteiger partial charge in [0.2, 0.25) is 0 Å². The van der Waals surface area contributed by atoms with Gasteiger partial charge in [-0.3, -0.25) is 14.4 Å². The van der Waals surface area contributed by atoms with Crippen molar-refractivity contribution in [2.24, 2.45) is 0 Å². The minimum Gasteiger partial charge on any atom is -0.482 e. The second kappa shape index (κ2) is 7.96. The predicted molar refractivity (Wildman–Crippen MR) is 104 cm³/mol. The van der Waals surface area contributed by atoms with Gasteiger partial charge in [-0.2, -0.15) is 0 Å². The number of hydrogen-bond donors (Lipinski definition) is 1. The lowest BCUT2D eigenvalue weighted by atomic mass is 10.1. The third-order valence-corrected chi connectivity index (χ3v) is 5.25. The van der Waals surface area contributed by atoms with Crippen LogP contribution < -0.4 is 15.2 Å². The fraction of sp³-hybridized carbons (Fsp3) is 0.368. The monoisotopic (exact) mass is 387 g/mol. The molecule has 0 saturated heterocycles. The number of anilines is 1. The number of thioether (sulfide) groups is 1. The molecule has 1 atom stereocenters. The number of Topliss-reactive ketones (excluding diaryl/α,β-unsaturated/α-hetero) is 1. The van der Waals surface area contributed by atoms with E-state index in [0.717, 1.165) is 12.1 Å². The van der Waals surface area contributed by atoms with Crippen molar-refractivity contribution in [3.05, 3.63) is 45.9 Å². The molecule has 142 valence electrons. The molecular formula is C19H21N3O4S. The molecule has 2 aromatic rings. The number of amides is 1. The highest BCUT2D eigenvalue weighted by Gasteiger charge is 2.25. The van der Waals surface area contributed by atoms with Crippen LogP contribution in [0.15, 0.2) is 34.2 Å². The van der Waals surface area contributed by atoms with Gasteiger partial charge >= 0.3 is 0 Å². The number of aryl methyl sites for hydroxylation is 1. The molecule has 7 nitrogen and oxygen atoms in total. The van der Waals surface area contributed by atoms with Crippen LogP contribution in [0.2, 0.25) is 0 Å². The summed E-state index contributed by atoms with van der Waals surface area (Å²) in [5.41, 5.74) is 1.55. The second-order valence-electron chi connectivity index (χ2n) is 6.34. The van der Waals surface area contributed by atoms with Crippen LogP contribution in [-0.4, -0.2) is 40.6 Å². The summed E-state index contributed by atoms with van der Waals surface area (Å²) in [6.07, 6.45) is 1.60. The second-order valence-corrected chi connectivity index (χ2v) is 7.67. The Morgan fingerprint density at radius 3 is 2.89 bits per heavy atom. The van der Waals surface area contributed by atoms with E-state index in [1.165, 1.54) is 22.7 Å². The minimum absolute atomic E-state index is 0.00379. The van der Waals surface area contributed by atoms with E-state index in [1.54, 1.807) is 32.2 Å². The predicted octanol–water partition coefficient (Wildman–Crippen LogP) is 2.44. The molecule has 1 aromatic heterocycles. The molecule has 1 aromatic carbocycles. The maximum Gasteiger partial charge on any atom is 0.264 e. The molecule has 0 saturated carbocycles. The number of ketones is 1. The number of benzene rings is 1. The van der Waals surface area contributed by atoms with Crippen LogP contribution >= 0.6 is 11.8 Å². The van der Waals surface area contributed by atoms with Crippen molar-refractivity contribution >= 4 is 29.1 Å². The average molecular weight is 387 g/mol. The summed E-state index contributed by atoms with van der Waals surface area (Å²) in [7, 11) is 1.66. The Hall–Kier alpha value is -2.61. The van der Waals surface area contributed by atoms with Crippen LogP contribution in [-0.2, 0) is 11.2 Å². The number of nitrogens with zero attached hydrogens (tertiary/aromatic N) is 2. The fourth-order valence-electron chi connectivity index (χ4n) is 2.80. The first-order chi connectivity index (χ1) is 12.9. The number of carbonyl (C=O) groups is 2. The quantitative estimate of drug-likeness (QED) is 0.465. The van der Waals surface area contributed by atoms with Crippen molar-refractivity contribution in [1.82, 2.24) is 9.97 Å². The highest BCUT2D eigenvalue weighted by Crippen LogP contribution is 2.33. The molecule has 1 aliphatic rings. The Bertz CT molecular complexity index is 941. The fourth-order valence-corrected chi connectivity index (χ4v) is 3.71. The summed E-state index contributed by atoms with van der Waals surface area (Å²) in [4.78, 5) is 45.0. The summed E-state index contributed by atoms with van der Waals surface area (Å²) in [5, 5.41) is -0.0195. The number of likely N-dealkylation sites (N-methyl/N-ethyl adjacent to an activating group) is 1. The number of rotatable bonds is 6. The normalized spacial score (nSPS) is 14.5. The van der Waals surface area contributed by atoms with E-state index in [2.05, 4.69) is 9.97 Å². The van der Waals surface area contributed by atoms with Gasteiger partial charge < -0.3 is 14.6 Å². The topological polar surface area (TPSA) is 92.4 Å². The number of H-pyrrole nitrogens is 1. The Labute approximate surface area is 161 Å². The highest BCUT2D eigenvalue weighted by atomic mass is 32.2. The Morgan fingerprint density at radius 1 is 1.37 bits per heavy atom.